The minimum atomic E-state index is -3.75. The van der Waals surface area contributed by atoms with Crippen LogP contribution in [0.3, 0.4) is 0 Å². The molecule has 1 atom stereocenters. The van der Waals surface area contributed by atoms with Gasteiger partial charge in [0.1, 0.15) is 5.75 Å². The van der Waals surface area contributed by atoms with Gasteiger partial charge in [-0.15, -0.1) is 0 Å². The first-order valence-corrected chi connectivity index (χ1v) is 11.9. The molecule has 0 aromatic heterocycles. The number of nitrogens with one attached hydrogen (secondary N) is 1. The Morgan fingerprint density at radius 2 is 1.39 bits per heavy atom. The highest BCUT2D eigenvalue weighted by atomic mass is 32.2. The van der Waals surface area contributed by atoms with Crippen LogP contribution in [0.4, 0.5) is 0 Å². The second kappa shape index (κ2) is 7.54. The predicted octanol–water partition coefficient (Wildman–Crippen LogP) is 3.29. The van der Waals surface area contributed by atoms with E-state index in [1.54, 1.807) is 56.5 Å². The van der Waals surface area contributed by atoms with Crippen LogP contribution in [0.5, 0.6) is 5.75 Å². The molecule has 1 N–H and O–H groups in total. The van der Waals surface area contributed by atoms with Crippen molar-refractivity contribution in [1.82, 2.24) is 4.72 Å². The molecule has 0 spiro atoms. The van der Waals surface area contributed by atoms with Crippen molar-refractivity contribution >= 4 is 30.6 Å². The van der Waals surface area contributed by atoms with Gasteiger partial charge < -0.3 is 4.74 Å². The van der Waals surface area contributed by atoms with E-state index in [1.807, 2.05) is 6.07 Å². The van der Waals surface area contributed by atoms with Gasteiger partial charge in [-0.2, -0.15) is 0 Å². The van der Waals surface area contributed by atoms with Crippen LogP contribution < -0.4 is 9.46 Å². The Hall–Kier alpha value is -2.42. The summed E-state index contributed by atoms with van der Waals surface area (Å²) in [6, 6.07) is 15.9. The van der Waals surface area contributed by atoms with E-state index < -0.39 is 25.9 Å². The van der Waals surface area contributed by atoms with Gasteiger partial charge in [0.2, 0.25) is 10.0 Å². The second-order valence-corrected chi connectivity index (χ2v) is 10.3. The van der Waals surface area contributed by atoms with E-state index in [9.17, 15) is 16.8 Å². The maximum atomic E-state index is 12.8. The molecule has 0 fully saturated rings. The zero-order valence-corrected chi connectivity index (χ0v) is 17.3. The quantitative estimate of drug-likeness (QED) is 0.662. The fourth-order valence-corrected chi connectivity index (χ4v) is 4.77. The lowest BCUT2D eigenvalue weighted by atomic mass is 10.1. The number of ether oxygens (including phenoxy) is 1. The molecule has 0 aliphatic heterocycles. The summed E-state index contributed by atoms with van der Waals surface area (Å²) in [5.41, 5.74) is 0.668. The topological polar surface area (TPSA) is 89.5 Å². The molecule has 1 unspecified atom stereocenters. The van der Waals surface area contributed by atoms with Crippen LogP contribution in [-0.2, 0) is 19.9 Å². The standard InChI is InChI=1S/C20H21NO5S2/c1-14(15-5-9-19(10-6-15)27(3,22)23)21-28(24,25)20-11-7-16-12-18(26-2)8-4-17(16)13-20/h4-14,21H,1-3H3. The average molecular weight is 420 g/mol. The van der Waals surface area contributed by atoms with Crippen molar-refractivity contribution in [3.05, 3.63) is 66.2 Å². The van der Waals surface area contributed by atoms with Crippen molar-refractivity contribution in [2.45, 2.75) is 22.8 Å². The van der Waals surface area contributed by atoms with Crippen LogP contribution >= 0.6 is 0 Å². The Morgan fingerprint density at radius 1 is 0.821 bits per heavy atom. The van der Waals surface area contributed by atoms with Gasteiger partial charge in [0, 0.05) is 12.3 Å². The number of fused-ring (bicyclic) bond motifs is 1. The van der Waals surface area contributed by atoms with Gasteiger partial charge in [-0.25, -0.2) is 21.6 Å². The normalized spacial score (nSPS) is 13.4. The molecule has 3 aromatic rings. The third-order valence-electron chi connectivity index (χ3n) is 4.47. The molecule has 0 saturated heterocycles. The molecule has 0 bridgehead atoms. The summed E-state index contributed by atoms with van der Waals surface area (Å²) in [7, 11) is -5.47. The van der Waals surface area contributed by atoms with Gasteiger partial charge in [0.15, 0.2) is 9.84 Å². The van der Waals surface area contributed by atoms with Crippen molar-refractivity contribution in [3.63, 3.8) is 0 Å². The highest BCUT2D eigenvalue weighted by Gasteiger charge is 2.19. The number of methoxy groups -OCH3 is 1. The Kier molecular flexibility index (Phi) is 5.47. The van der Waals surface area contributed by atoms with Gasteiger partial charge in [0.05, 0.1) is 16.9 Å². The molecule has 0 radical (unpaired) electrons. The summed E-state index contributed by atoms with van der Waals surface area (Å²) in [6.07, 6.45) is 1.13. The molecule has 28 heavy (non-hydrogen) atoms. The van der Waals surface area contributed by atoms with E-state index in [0.717, 1.165) is 17.0 Å². The molecule has 0 saturated carbocycles. The van der Waals surface area contributed by atoms with E-state index >= 15 is 0 Å². The van der Waals surface area contributed by atoms with Crippen LogP contribution in [0.25, 0.3) is 10.8 Å². The Bertz CT molecular complexity index is 1220. The first-order valence-electron chi connectivity index (χ1n) is 8.50. The number of sulfonamides is 1. The molecule has 148 valence electrons. The van der Waals surface area contributed by atoms with Gasteiger partial charge in [-0.3, -0.25) is 0 Å². The van der Waals surface area contributed by atoms with Gasteiger partial charge in [-0.1, -0.05) is 24.3 Å². The number of rotatable bonds is 6. The highest BCUT2D eigenvalue weighted by Crippen LogP contribution is 2.25. The summed E-state index contributed by atoms with van der Waals surface area (Å²) in [4.78, 5) is 0.348. The van der Waals surface area contributed by atoms with E-state index in [0.29, 0.717) is 11.3 Å². The molecular formula is C20H21NO5S2. The van der Waals surface area contributed by atoms with Gasteiger partial charge in [0.25, 0.3) is 0 Å². The lowest BCUT2D eigenvalue weighted by molar-refractivity contribution is 0.415. The minimum absolute atomic E-state index is 0.157. The summed E-state index contributed by atoms with van der Waals surface area (Å²) < 4.78 is 56.5. The molecule has 8 heteroatoms. The van der Waals surface area contributed by atoms with Crippen molar-refractivity contribution in [2.24, 2.45) is 0 Å². The second-order valence-electron chi connectivity index (χ2n) is 6.56. The minimum Gasteiger partial charge on any atom is -0.497 e. The van der Waals surface area contributed by atoms with Crippen LogP contribution in [0, 0.1) is 0 Å². The maximum absolute atomic E-state index is 12.8. The molecule has 0 amide bonds. The Balaban J connectivity index is 1.85. The Labute approximate surface area is 165 Å². The van der Waals surface area contributed by atoms with Gasteiger partial charge >= 0.3 is 0 Å². The monoisotopic (exact) mass is 419 g/mol. The molecule has 0 aliphatic rings. The van der Waals surface area contributed by atoms with Crippen LogP contribution in [0.2, 0.25) is 0 Å². The highest BCUT2D eigenvalue weighted by molar-refractivity contribution is 7.90. The van der Waals surface area contributed by atoms with Crippen molar-refractivity contribution < 1.29 is 21.6 Å². The summed E-state index contributed by atoms with van der Waals surface area (Å²) in [5, 5.41) is 1.66. The van der Waals surface area contributed by atoms with E-state index in [4.69, 9.17) is 4.74 Å². The number of sulfone groups is 1. The van der Waals surface area contributed by atoms with Crippen LogP contribution in [0.15, 0.2) is 70.5 Å². The summed E-state index contributed by atoms with van der Waals surface area (Å²) in [6.45, 7) is 1.71. The zero-order chi connectivity index (χ0) is 20.5. The molecule has 6 nitrogen and oxygen atoms in total. The largest absolute Gasteiger partial charge is 0.497 e. The van der Waals surface area contributed by atoms with E-state index in [1.165, 1.54) is 12.1 Å². The lowest BCUT2D eigenvalue weighted by Crippen LogP contribution is -2.26. The molecular weight excluding hydrogens is 398 g/mol. The van der Waals surface area contributed by atoms with Crippen molar-refractivity contribution in [1.29, 1.82) is 0 Å². The SMILES string of the molecule is COc1ccc2cc(S(=O)(=O)NC(C)c3ccc(S(C)(=O)=O)cc3)ccc2c1. The van der Waals surface area contributed by atoms with E-state index in [2.05, 4.69) is 4.72 Å². The number of benzene rings is 3. The van der Waals surface area contributed by atoms with Gasteiger partial charge in [-0.05, 0) is 59.7 Å². The first kappa shape index (κ1) is 20.3. The van der Waals surface area contributed by atoms with E-state index in [-0.39, 0.29) is 9.79 Å². The Morgan fingerprint density at radius 3 is 2.00 bits per heavy atom. The molecule has 0 aliphatic carbocycles. The predicted molar refractivity (Wildman–Crippen MR) is 109 cm³/mol. The smallest absolute Gasteiger partial charge is 0.241 e. The van der Waals surface area contributed by atoms with Crippen LogP contribution in [-0.4, -0.2) is 30.2 Å². The zero-order valence-electron chi connectivity index (χ0n) is 15.7. The van der Waals surface area contributed by atoms with Crippen LogP contribution in [0.1, 0.15) is 18.5 Å². The average Bonchev–Trinajstić information content (AvgIpc) is 2.66. The third kappa shape index (κ3) is 4.35. The first-order chi connectivity index (χ1) is 13.1. The maximum Gasteiger partial charge on any atom is 0.241 e. The fraction of sp³-hybridized carbons (Fsp3) is 0.200. The molecule has 3 aromatic carbocycles. The summed E-state index contributed by atoms with van der Waals surface area (Å²) in [5.74, 6) is 0.701. The lowest BCUT2D eigenvalue weighted by Gasteiger charge is -2.15. The summed E-state index contributed by atoms with van der Waals surface area (Å²) >= 11 is 0. The van der Waals surface area contributed by atoms with Crippen molar-refractivity contribution in [2.75, 3.05) is 13.4 Å². The third-order valence-corrected chi connectivity index (χ3v) is 7.14. The molecule has 3 rings (SSSR count). The van der Waals surface area contributed by atoms with Crippen molar-refractivity contribution in [3.8, 4) is 5.75 Å². The fourth-order valence-electron chi connectivity index (χ4n) is 2.87. The molecule has 0 heterocycles. The number of hydrogen-bond acceptors (Lipinski definition) is 5. The number of hydrogen-bond donors (Lipinski definition) is 1.